The maximum absolute atomic E-state index is 2.26. The summed E-state index contributed by atoms with van der Waals surface area (Å²) >= 11 is 0. The Kier molecular flexibility index (Phi) is 2.59. The molecule has 0 saturated carbocycles. The van der Waals surface area contributed by atoms with E-state index >= 15 is 0 Å². The van der Waals surface area contributed by atoms with Crippen LogP contribution in [0.1, 0.15) is 23.6 Å². The van der Waals surface area contributed by atoms with Crippen LogP contribution in [-0.2, 0) is 0 Å². The van der Waals surface area contributed by atoms with E-state index in [0.717, 1.165) is 0 Å². The van der Waals surface area contributed by atoms with Crippen LogP contribution in [0.25, 0.3) is 16.8 Å². The Morgan fingerprint density at radius 2 is 1.80 bits per heavy atom. The minimum atomic E-state index is 1.33. The summed E-state index contributed by atoms with van der Waals surface area (Å²) in [5, 5.41) is 2.67. The van der Waals surface area contributed by atoms with Gasteiger partial charge in [0.15, 0.2) is 0 Å². The summed E-state index contributed by atoms with van der Waals surface area (Å²) < 4.78 is 0. The van der Waals surface area contributed by atoms with Gasteiger partial charge in [0, 0.05) is 0 Å². The first-order chi connectivity index (χ1) is 7.24. The Bertz CT molecular complexity index is 519. The van der Waals surface area contributed by atoms with Gasteiger partial charge in [-0.3, -0.25) is 0 Å². The van der Waals surface area contributed by atoms with E-state index in [0.29, 0.717) is 0 Å². The van der Waals surface area contributed by atoms with Crippen molar-refractivity contribution in [3.05, 3.63) is 53.1 Å². The highest BCUT2D eigenvalue weighted by Gasteiger charge is 2.04. The highest BCUT2D eigenvalue weighted by atomic mass is 14.1. The second-order valence-electron chi connectivity index (χ2n) is 3.95. The van der Waals surface area contributed by atoms with Crippen LogP contribution in [-0.4, -0.2) is 0 Å². The Balaban J connectivity index is 2.89. The summed E-state index contributed by atoms with van der Waals surface area (Å²) in [5.41, 5.74) is 4.10. The van der Waals surface area contributed by atoms with Crippen LogP contribution in [0.2, 0.25) is 0 Å². The van der Waals surface area contributed by atoms with E-state index in [1.54, 1.807) is 0 Å². The molecule has 0 N–H and O–H groups in total. The Morgan fingerprint density at radius 1 is 1.07 bits per heavy atom. The molecule has 15 heavy (non-hydrogen) atoms. The lowest BCUT2D eigenvalue weighted by molar-refractivity contribution is 1.35. The van der Waals surface area contributed by atoms with E-state index in [2.05, 4.69) is 63.3 Å². The zero-order valence-electron chi connectivity index (χ0n) is 9.54. The van der Waals surface area contributed by atoms with E-state index in [9.17, 15) is 0 Å². The molecule has 2 aromatic carbocycles. The highest BCUT2D eigenvalue weighted by Crippen LogP contribution is 2.26. The Labute approximate surface area is 91.2 Å². The molecule has 0 aliphatic heterocycles. The monoisotopic (exact) mass is 196 g/mol. The lowest BCUT2D eigenvalue weighted by atomic mass is 9.95. The first kappa shape index (κ1) is 9.97. The highest BCUT2D eigenvalue weighted by molar-refractivity contribution is 5.92. The minimum absolute atomic E-state index is 1.33. The first-order valence-electron chi connectivity index (χ1n) is 5.35. The summed E-state index contributed by atoms with van der Waals surface area (Å²) in [6, 6.07) is 10.8. The van der Waals surface area contributed by atoms with Gasteiger partial charge in [-0.1, -0.05) is 42.5 Å². The van der Waals surface area contributed by atoms with Crippen molar-refractivity contribution in [3.8, 4) is 0 Å². The maximum atomic E-state index is 2.26. The first-order valence-corrected chi connectivity index (χ1v) is 5.35. The van der Waals surface area contributed by atoms with Gasteiger partial charge in [0.05, 0.1) is 0 Å². The van der Waals surface area contributed by atoms with Crippen LogP contribution in [0.3, 0.4) is 0 Å². The molecule has 2 rings (SSSR count). The van der Waals surface area contributed by atoms with Crippen LogP contribution in [0.15, 0.2) is 36.4 Å². The lowest BCUT2D eigenvalue weighted by Gasteiger charge is -2.09. The van der Waals surface area contributed by atoms with E-state index in [1.165, 1.54) is 27.5 Å². The standard InChI is InChI=1S/C15H16/c1-4-7-14-12(3)11(2)10-13-8-5-6-9-15(13)14/h4-10H,1-3H3. The van der Waals surface area contributed by atoms with Gasteiger partial charge in [-0.05, 0) is 48.2 Å². The molecule has 0 nitrogen and oxygen atoms in total. The number of allylic oxidation sites excluding steroid dienone is 1. The van der Waals surface area contributed by atoms with Crippen molar-refractivity contribution in [1.29, 1.82) is 0 Å². The largest absolute Gasteiger partial charge is 0.0870 e. The third kappa shape index (κ3) is 1.68. The predicted octanol–water partition coefficient (Wildman–Crippen LogP) is 4.49. The van der Waals surface area contributed by atoms with Crippen LogP contribution >= 0.6 is 0 Å². The van der Waals surface area contributed by atoms with Crippen LogP contribution < -0.4 is 0 Å². The molecule has 0 heterocycles. The van der Waals surface area contributed by atoms with Crippen molar-refractivity contribution >= 4 is 16.8 Å². The number of rotatable bonds is 1. The van der Waals surface area contributed by atoms with Gasteiger partial charge >= 0.3 is 0 Å². The second-order valence-corrected chi connectivity index (χ2v) is 3.95. The SMILES string of the molecule is CC=Cc1c(C)c(C)cc2ccccc12. The zero-order valence-corrected chi connectivity index (χ0v) is 9.54. The smallest absolute Gasteiger partial charge is 0.0109 e. The molecule has 0 amide bonds. The van der Waals surface area contributed by atoms with Crippen molar-refractivity contribution in [2.75, 3.05) is 0 Å². The molecule has 0 saturated heterocycles. The molecule has 0 spiro atoms. The van der Waals surface area contributed by atoms with Crippen molar-refractivity contribution in [2.45, 2.75) is 20.8 Å². The average molecular weight is 196 g/mol. The van der Waals surface area contributed by atoms with Gasteiger partial charge in [0.1, 0.15) is 0 Å². The average Bonchev–Trinajstić information content (AvgIpc) is 2.25. The van der Waals surface area contributed by atoms with Gasteiger partial charge in [-0.15, -0.1) is 0 Å². The molecule has 0 fully saturated rings. The van der Waals surface area contributed by atoms with Crippen LogP contribution in [0, 0.1) is 13.8 Å². The van der Waals surface area contributed by atoms with E-state index in [-0.39, 0.29) is 0 Å². The molecular formula is C15H16. The summed E-state index contributed by atoms with van der Waals surface area (Å²) in [4.78, 5) is 0. The quantitative estimate of drug-likeness (QED) is 0.630. The van der Waals surface area contributed by atoms with Gasteiger partial charge in [-0.2, -0.15) is 0 Å². The molecule has 0 unspecified atom stereocenters. The van der Waals surface area contributed by atoms with E-state index in [1.807, 2.05) is 0 Å². The van der Waals surface area contributed by atoms with Crippen molar-refractivity contribution in [2.24, 2.45) is 0 Å². The number of hydrogen-bond donors (Lipinski definition) is 0. The van der Waals surface area contributed by atoms with Crippen molar-refractivity contribution in [1.82, 2.24) is 0 Å². The minimum Gasteiger partial charge on any atom is -0.0870 e. The zero-order chi connectivity index (χ0) is 10.8. The predicted molar refractivity (Wildman–Crippen MR) is 68.1 cm³/mol. The Hall–Kier alpha value is -1.56. The lowest BCUT2D eigenvalue weighted by Crippen LogP contribution is -1.88. The molecular weight excluding hydrogens is 180 g/mol. The van der Waals surface area contributed by atoms with Gasteiger partial charge < -0.3 is 0 Å². The molecule has 0 heteroatoms. The molecule has 0 atom stereocenters. The number of hydrogen-bond acceptors (Lipinski definition) is 0. The summed E-state index contributed by atoms with van der Waals surface area (Å²) in [6.07, 6.45) is 4.30. The Morgan fingerprint density at radius 3 is 2.53 bits per heavy atom. The van der Waals surface area contributed by atoms with Gasteiger partial charge in [0.2, 0.25) is 0 Å². The third-order valence-corrected chi connectivity index (χ3v) is 2.95. The normalized spacial score (nSPS) is 11.4. The summed E-state index contributed by atoms with van der Waals surface area (Å²) in [7, 11) is 0. The number of fused-ring (bicyclic) bond motifs is 1. The summed E-state index contributed by atoms with van der Waals surface area (Å²) in [5.74, 6) is 0. The molecule has 0 radical (unpaired) electrons. The number of benzene rings is 2. The molecule has 0 aliphatic carbocycles. The van der Waals surface area contributed by atoms with Crippen LogP contribution in [0.5, 0.6) is 0 Å². The fourth-order valence-electron chi connectivity index (χ4n) is 2.01. The molecule has 76 valence electrons. The molecule has 2 aromatic rings. The molecule has 0 aromatic heterocycles. The maximum Gasteiger partial charge on any atom is -0.0109 e. The third-order valence-electron chi connectivity index (χ3n) is 2.95. The fraction of sp³-hybridized carbons (Fsp3) is 0.200. The van der Waals surface area contributed by atoms with Crippen molar-refractivity contribution in [3.63, 3.8) is 0 Å². The second kappa shape index (κ2) is 3.90. The van der Waals surface area contributed by atoms with Crippen LogP contribution in [0.4, 0.5) is 0 Å². The fourth-order valence-corrected chi connectivity index (χ4v) is 2.01. The molecule has 0 bridgehead atoms. The molecule has 0 aliphatic rings. The van der Waals surface area contributed by atoms with Crippen molar-refractivity contribution < 1.29 is 0 Å². The number of aryl methyl sites for hydroxylation is 1. The topological polar surface area (TPSA) is 0 Å². The van der Waals surface area contributed by atoms with Gasteiger partial charge in [-0.25, -0.2) is 0 Å². The van der Waals surface area contributed by atoms with E-state index < -0.39 is 0 Å². The summed E-state index contributed by atoms with van der Waals surface area (Å²) in [6.45, 7) is 6.43. The van der Waals surface area contributed by atoms with E-state index in [4.69, 9.17) is 0 Å². The van der Waals surface area contributed by atoms with Gasteiger partial charge in [0.25, 0.3) is 0 Å².